The Morgan fingerprint density at radius 2 is 1.90 bits per heavy atom. The Balaban J connectivity index is 2.41. The van der Waals surface area contributed by atoms with Crippen molar-refractivity contribution in [1.29, 1.82) is 0 Å². The second-order valence-corrected chi connectivity index (χ2v) is 5.11. The van der Waals surface area contributed by atoms with Crippen LogP contribution in [0.4, 0.5) is 5.95 Å². The van der Waals surface area contributed by atoms with E-state index in [1.54, 1.807) is 12.4 Å². The highest BCUT2D eigenvalue weighted by molar-refractivity contribution is 5.73. The van der Waals surface area contributed by atoms with Gasteiger partial charge in [-0.05, 0) is 12.8 Å². The second-order valence-electron chi connectivity index (χ2n) is 5.11. The van der Waals surface area contributed by atoms with Crippen LogP contribution in [-0.2, 0) is 11.3 Å². The molecule has 0 aliphatic heterocycles. The first-order valence-electron chi connectivity index (χ1n) is 7.68. The van der Waals surface area contributed by atoms with Crippen molar-refractivity contribution < 1.29 is 9.90 Å². The summed E-state index contributed by atoms with van der Waals surface area (Å²) in [5.74, 6) is -0.185. The maximum Gasteiger partial charge on any atom is 0.320 e. The average molecular weight is 294 g/mol. The smallest absolute Gasteiger partial charge is 0.320 e. The molecule has 118 valence electrons. The third kappa shape index (κ3) is 7.04. The van der Waals surface area contributed by atoms with Crippen molar-refractivity contribution in [2.45, 2.75) is 58.5 Å². The Bertz CT molecular complexity index is 409. The van der Waals surface area contributed by atoms with Gasteiger partial charge in [-0.2, -0.15) is 0 Å². The molecule has 1 aromatic rings. The van der Waals surface area contributed by atoms with Gasteiger partial charge in [0.05, 0.1) is 0 Å². The summed E-state index contributed by atoms with van der Waals surface area (Å²) in [5, 5.41) is 15.3. The number of rotatable bonds is 11. The van der Waals surface area contributed by atoms with E-state index in [2.05, 4.69) is 34.4 Å². The van der Waals surface area contributed by atoms with Gasteiger partial charge in [-0.15, -0.1) is 0 Å². The molecule has 1 atom stereocenters. The molecule has 21 heavy (non-hydrogen) atoms. The number of hydrogen-bond donors (Lipinski definition) is 3. The molecule has 0 radical (unpaired) electrons. The van der Waals surface area contributed by atoms with E-state index in [0.717, 1.165) is 37.8 Å². The first kappa shape index (κ1) is 17.4. The normalized spacial score (nSPS) is 12.1. The highest BCUT2D eigenvalue weighted by Gasteiger charge is 2.15. The van der Waals surface area contributed by atoms with E-state index in [1.165, 1.54) is 0 Å². The molecule has 0 bridgehead atoms. The fraction of sp³-hybridized carbons (Fsp3) is 0.667. The number of aliphatic carboxylic acids is 1. The number of carboxylic acid groups (broad SMARTS) is 1. The zero-order valence-electron chi connectivity index (χ0n) is 12.9. The Morgan fingerprint density at radius 3 is 2.48 bits per heavy atom. The van der Waals surface area contributed by atoms with Crippen LogP contribution in [-0.4, -0.2) is 33.6 Å². The van der Waals surface area contributed by atoms with Gasteiger partial charge in [0.25, 0.3) is 0 Å². The highest BCUT2D eigenvalue weighted by Crippen LogP contribution is 2.04. The van der Waals surface area contributed by atoms with E-state index in [9.17, 15) is 4.79 Å². The molecule has 0 unspecified atom stereocenters. The SMILES string of the molecule is CCCCNc1ncc(CN[C@@H](CCCC)C(=O)O)cn1. The van der Waals surface area contributed by atoms with Crippen molar-refractivity contribution in [2.24, 2.45) is 0 Å². The summed E-state index contributed by atoms with van der Waals surface area (Å²) < 4.78 is 0. The van der Waals surface area contributed by atoms with Crippen molar-refractivity contribution in [2.75, 3.05) is 11.9 Å². The molecular weight excluding hydrogens is 268 g/mol. The van der Waals surface area contributed by atoms with E-state index < -0.39 is 12.0 Å². The summed E-state index contributed by atoms with van der Waals surface area (Å²) in [7, 11) is 0. The van der Waals surface area contributed by atoms with Crippen molar-refractivity contribution in [3.63, 3.8) is 0 Å². The van der Waals surface area contributed by atoms with Crippen LogP contribution in [0.15, 0.2) is 12.4 Å². The highest BCUT2D eigenvalue weighted by atomic mass is 16.4. The summed E-state index contributed by atoms with van der Waals surface area (Å²) in [5.41, 5.74) is 0.888. The summed E-state index contributed by atoms with van der Waals surface area (Å²) >= 11 is 0. The molecule has 6 heteroatoms. The Hall–Kier alpha value is -1.69. The molecule has 0 aromatic carbocycles. The van der Waals surface area contributed by atoms with Gasteiger partial charge in [-0.1, -0.05) is 33.1 Å². The van der Waals surface area contributed by atoms with Crippen molar-refractivity contribution in [3.8, 4) is 0 Å². The predicted molar refractivity (Wildman–Crippen MR) is 83.2 cm³/mol. The molecule has 0 aliphatic carbocycles. The van der Waals surface area contributed by atoms with E-state index in [1.807, 2.05) is 0 Å². The van der Waals surface area contributed by atoms with Gasteiger partial charge in [0, 0.05) is 31.0 Å². The van der Waals surface area contributed by atoms with Crippen molar-refractivity contribution >= 4 is 11.9 Å². The van der Waals surface area contributed by atoms with E-state index in [4.69, 9.17) is 5.11 Å². The fourth-order valence-electron chi connectivity index (χ4n) is 1.88. The standard InChI is InChI=1S/C15H26N4O2/c1-3-5-7-13(14(20)21)17-9-12-10-18-15(19-11-12)16-8-6-4-2/h10-11,13,17H,3-9H2,1-2H3,(H,20,21)(H,16,18,19)/t13-/m0/s1. The molecule has 1 aromatic heterocycles. The fourth-order valence-corrected chi connectivity index (χ4v) is 1.88. The van der Waals surface area contributed by atoms with E-state index in [0.29, 0.717) is 18.9 Å². The zero-order chi connectivity index (χ0) is 15.5. The molecular formula is C15H26N4O2. The first-order chi connectivity index (χ1) is 10.2. The first-order valence-corrected chi connectivity index (χ1v) is 7.68. The van der Waals surface area contributed by atoms with Crippen LogP contribution in [0.3, 0.4) is 0 Å². The van der Waals surface area contributed by atoms with Crippen LogP contribution in [0, 0.1) is 0 Å². The number of unbranched alkanes of at least 4 members (excludes halogenated alkanes) is 2. The van der Waals surface area contributed by atoms with Crippen LogP contribution in [0.1, 0.15) is 51.5 Å². The van der Waals surface area contributed by atoms with Gasteiger partial charge in [0.1, 0.15) is 6.04 Å². The molecule has 0 spiro atoms. The van der Waals surface area contributed by atoms with Crippen LogP contribution in [0.5, 0.6) is 0 Å². The van der Waals surface area contributed by atoms with Gasteiger partial charge in [0.15, 0.2) is 0 Å². The Kier molecular flexibility index (Phi) is 8.35. The van der Waals surface area contributed by atoms with Crippen LogP contribution in [0.25, 0.3) is 0 Å². The maximum atomic E-state index is 11.1. The van der Waals surface area contributed by atoms with Crippen molar-refractivity contribution in [3.05, 3.63) is 18.0 Å². The van der Waals surface area contributed by atoms with Gasteiger partial charge in [-0.3, -0.25) is 4.79 Å². The lowest BCUT2D eigenvalue weighted by Crippen LogP contribution is -2.36. The zero-order valence-corrected chi connectivity index (χ0v) is 12.9. The third-order valence-corrected chi connectivity index (χ3v) is 3.22. The Morgan fingerprint density at radius 1 is 1.24 bits per heavy atom. The number of hydrogen-bond acceptors (Lipinski definition) is 5. The number of nitrogens with zero attached hydrogens (tertiary/aromatic N) is 2. The molecule has 0 saturated heterocycles. The molecule has 6 nitrogen and oxygen atoms in total. The molecule has 0 saturated carbocycles. The minimum atomic E-state index is -0.803. The minimum absolute atomic E-state index is 0.468. The van der Waals surface area contributed by atoms with Crippen molar-refractivity contribution in [1.82, 2.24) is 15.3 Å². The lowest BCUT2D eigenvalue weighted by atomic mass is 10.1. The minimum Gasteiger partial charge on any atom is -0.480 e. The summed E-state index contributed by atoms with van der Waals surface area (Å²) in [6.07, 6.45) is 8.21. The average Bonchev–Trinajstić information content (AvgIpc) is 2.48. The molecule has 0 amide bonds. The molecule has 0 fully saturated rings. The van der Waals surface area contributed by atoms with Gasteiger partial charge < -0.3 is 15.7 Å². The van der Waals surface area contributed by atoms with Gasteiger partial charge in [0.2, 0.25) is 5.95 Å². The van der Waals surface area contributed by atoms with Gasteiger partial charge >= 0.3 is 5.97 Å². The van der Waals surface area contributed by atoms with Crippen LogP contribution in [0.2, 0.25) is 0 Å². The lowest BCUT2D eigenvalue weighted by Gasteiger charge is -2.13. The second kappa shape index (κ2) is 10.1. The molecule has 1 rings (SSSR count). The number of anilines is 1. The maximum absolute atomic E-state index is 11.1. The lowest BCUT2D eigenvalue weighted by molar-refractivity contribution is -0.139. The Labute approximate surface area is 126 Å². The predicted octanol–water partition coefficient (Wildman–Crippen LogP) is 2.42. The monoisotopic (exact) mass is 294 g/mol. The number of carboxylic acids is 1. The molecule has 3 N–H and O–H groups in total. The summed E-state index contributed by atoms with van der Waals surface area (Å²) in [6.45, 7) is 5.52. The summed E-state index contributed by atoms with van der Waals surface area (Å²) in [4.78, 5) is 19.6. The van der Waals surface area contributed by atoms with E-state index >= 15 is 0 Å². The van der Waals surface area contributed by atoms with Crippen LogP contribution >= 0.6 is 0 Å². The topological polar surface area (TPSA) is 87.1 Å². The number of nitrogens with one attached hydrogen (secondary N) is 2. The molecule has 1 heterocycles. The quantitative estimate of drug-likeness (QED) is 0.543. The largest absolute Gasteiger partial charge is 0.480 e. The summed E-state index contributed by atoms with van der Waals surface area (Å²) in [6, 6.07) is -0.507. The number of carbonyl (C=O) groups is 1. The van der Waals surface area contributed by atoms with E-state index in [-0.39, 0.29) is 0 Å². The number of aromatic nitrogens is 2. The van der Waals surface area contributed by atoms with Gasteiger partial charge in [-0.25, -0.2) is 9.97 Å². The molecule has 0 aliphatic rings. The van der Waals surface area contributed by atoms with Crippen LogP contribution < -0.4 is 10.6 Å². The third-order valence-electron chi connectivity index (χ3n) is 3.22.